The third-order valence-corrected chi connectivity index (χ3v) is 1.57. The smallest absolute Gasteiger partial charge is 0.259 e. The number of aryl methyl sites for hydroxylation is 1. The van der Waals surface area contributed by atoms with Crippen molar-refractivity contribution < 1.29 is 9.26 Å². The fourth-order valence-corrected chi connectivity index (χ4v) is 1.00. The minimum Gasteiger partial charge on any atom is -0.436 e. The fraction of sp³-hybridized carbons (Fsp3) is 0.100. The van der Waals surface area contributed by atoms with Gasteiger partial charge in [-0.15, -0.1) is 0 Å². The minimum absolute atomic E-state index is 0.490. The summed E-state index contributed by atoms with van der Waals surface area (Å²) in [5, 5.41) is 3.71. The molecule has 0 saturated heterocycles. The summed E-state index contributed by atoms with van der Waals surface area (Å²) in [7, 11) is 0. The van der Waals surface area contributed by atoms with Gasteiger partial charge in [0.1, 0.15) is 11.5 Å². The van der Waals surface area contributed by atoms with Crippen LogP contribution in [0.2, 0.25) is 0 Å². The van der Waals surface area contributed by atoms with Gasteiger partial charge in [-0.3, -0.25) is 0 Å². The Morgan fingerprint density at radius 1 is 1.23 bits per heavy atom. The van der Waals surface area contributed by atoms with Gasteiger partial charge in [0.15, 0.2) is 0 Å². The molecular formula is C10H9NO2. The van der Waals surface area contributed by atoms with Crippen molar-refractivity contribution in [1.82, 2.24) is 5.16 Å². The predicted molar refractivity (Wildman–Crippen MR) is 47.8 cm³/mol. The standard InChI is InChI=1S/C10H9NO2/c1-8-7-10(11-13-8)12-9-5-3-2-4-6-9/h2-7H,1H3. The Bertz CT molecular complexity index is 381. The van der Waals surface area contributed by atoms with Crippen molar-refractivity contribution in [2.24, 2.45) is 0 Å². The maximum atomic E-state index is 5.39. The third kappa shape index (κ3) is 1.87. The van der Waals surface area contributed by atoms with Gasteiger partial charge in [-0.1, -0.05) is 18.2 Å². The summed E-state index contributed by atoms with van der Waals surface area (Å²) >= 11 is 0. The van der Waals surface area contributed by atoms with Crippen molar-refractivity contribution in [2.75, 3.05) is 0 Å². The molecule has 2 rings (SSSR count). The molecular weight excluding hydrogens is 166 g/mol. The first-order valence-corrected chi connectivity index (χ1v) is 4.01. The SMILES string of the molecule is Cc1cc(Oc2ccccc2)no1. The summed E-state index contributed by atoms with van der Waals surface area (Å²) in [6.07, 6.45) is 0. The van der Waals surface area contributed by atoms with Gasteiger partial charge in [-0.05, 0) is 24.2 Å². The second-order valence-corrected chi connectivity index (χ2v) is 2.69. The molecule has 1 heterocycles. The molecule has 1 aromatic carbocycles. The van der Waals surface area contributed by atoms with Crippen LogP contribution < -0.4 is 4.74 Å². The fourth-order valence-electron chi connectivity index (χ4n) is 1.00. The predicted octanol–water partition coefficient (Wildman–Crippen LogP) is 2.78. The van der Waals surface area contributed by atoms with Crippen LogP contribution in [0, 0.1) is 6.92 Å². The third-order valence-electron chi connectivity index (χ3n) is 1.57. The Morgan fingerprint density at radius 3 is 2.62 bits per heavy atom. The quantitative estimate of drug-likeness (QED) is 0.703. The van der Waals surface area contributed by atoms with Crippen molar-refractivity contribution in [3.63, 3.8) is 0 Å². The maximum Gasteiger partial charge on any atom is 0.259 e. The molecule has 0 saturated carbocycles. The number of ether oxygens (including phenoxy) is 1. The molecule has 2 aromatic rings. The molecule has 0 fully saturated rings. The number of benzene rings is 1. The summed E-state index contributed by atoms with van der Waals surface area (Å²) in [6, 6.07) is 11.2. The van der Waals surface area contributed by atoms with Crippen molar-refractivity contribution in [3.05, 3.63) is 42.2 Å². The first kappa shape index (κ1) is 7.86. The number of rotatable bonds is 2. The van der Waals surface area contributed by atoms with E-state index in [1.165, 1.54) is 0 Å². The van der Waals surface area contributed by atoms with Crippen LogP contribution in [0.1, 0.15) is 5.76 Å². The number of hydrogen-bond acceptors (Lipinski definition) is 3. The molecule has 0 atom stereocenters. The van der Waals surface area contributed by atoms with Gasteiger partial charge in [0.05, 0.1) is 0 Å². The molecule has 0 aliphatic heterocycles. The van der Waals surface area contributed by atoms with Crippen LogP contribution in [0.3, 0.4) is 0 Å². The summed E-state index contributed by atoms with van der Waals surface area (Å²) in [4.78, 5) is 0. The van der Waals surface area contributed by atoms with Crippen LogP contribution in [0.15, 0.2) is 40.9 Å². The Morgan fingerprint density at radius 2 is 2.00 bits per heavy atom. The van der Waals surface area contributed by atoms with Gasteiger partial charge in [0, 0.05) is 6.07 Å². The molecule has 66 valence electrons. The lowest BCUT2D eigenvalue weighted by atomic mass is 10.3. The van der Waals surface area contributed by atoms with Crippen molar-refractivity contribution >= 4 is 0 Å². The molecule has 13 heavy (non-hydrogen) atoms. The average Bonchev–Trinajstić information content (AvgIpc) is 2.53. The average molecular weight is 175 g/mol. The Labute approximate surface area is 75.9 Å². The van der Waals surface area contributed by atoms with E-state index < -0.39 is 0 Å². The Kier molecular flexibility index (Phi) is 2.00. The van der Waals surface area contributed by atoms with Crippen LogP contribution in [0.25, 0.3) is 0 Å². The summed E-state index contributed by atoms with van der Waals surface area (Å²) in [6.45, 7) is 1.82. The van der Waals surface area contributed by atoms with Crippen molar-refractivity contribution in [3.8, 4) is 11.6 Å². The van der Waals surface area contributed by atoms with Crippen molar-refractivity contribution in [2.45, 2.75) is 6.92 Å². The second kappa shape index (κ2) is 3.31. The number of hydrogen-bond donors (Lipinski definition) is 0. The number of para-hydroxylation sites is 1. The molecule has 1 aromatic heterocycles. The molecule has 0 unspecified atom stereocenters. The van der Waals surface area contributed by atoms with E-state index in [0.717, 1.165) is 11.5 Å². The molecule has 0 radical (unpaired) electrons. The van der Waals surface area contributed by atoms with E-state index in [1.54, 1.807) is 6.07 Å². The van der Waals surface area contributed by atoms with E-state index in [0.29, 0.717) is 5.88 Å². The molecule has 3 heteroatoms. The van der Waals surface area contributed by atoms with E-state index >= 15 is 0 Å². The van der Waals surface area contributed by atoms with Crippen LogP contribution in [-0.2, 0) is 0 Å². The van der Waals surface area contributed by atoms with Gasteiger partial charge in [0.25, 0.3) is 5.88 Å². The van der Waals surface area contributed by atoms with Crippen LogP contribution in [-0.4, -0.2) is 5.16 Å². The Hall–Kier alpha value is -1.77. The molecule has 0 aliphatic carbocycles. The van der Waals surface area contributed by atoms with Crippen molar-refractivity contribution in [1.29, 1.82) is 0 Å². The van der Waals surface area contributed by atoms with Gasteiger partial charge < -0.3 is 9.26 Å². The summed E-state index contributed by atoms with van der Waals surface area (Å²) in [5.41, 5.74) is 0. The molecule has 0 bridgehead atoms. The highest BCUT2D eigenvalue weighted by Crippen LogP contribution is 2.19. The molecule has 0 N–H and O–H groups in total. The normalized spacial score (nSPS) is 9.92. The molecule has 0 amide bonds. The van der Waals surface area contributed by atoms with Gasteiger partial charge in [-0.25, -0.2) is 0 Å². The largest absolute Gasteiger partial charge is 0.436 e. The maximum absolute atomic E-state index is 5.39. The van der Waals surface area contributed by atoms with E-state index in [4.69, 9.17) is 9.26 Å². The summed E-state index contributed by atoms with van der Waals surface area (Å²) in [5.74, 6) is 1.99. The zero-order chi connectivity index (χ0) is 9.10. The zero-order valence-electron chi connectivity index (χ0n) is 7.23. The molecule has 3 nitrogen and oxygen atoms in total. The van der Waals surface area contributed by atoms with E-state index in [2.05, 4.69) is 5.16 Å². The van der Waals surface area contributed by atoms with Gasteiger partial charge in [0.2, 0.25) is 0 Å². The zero-order valence-corrected chi connectivity index (χ0v) is 7.23. The highest BCUT2D eigenvalue weighted by molar-refractivity contribution is 5.26. The molecule has 0 spiro atoms. The minimum atomic E-state index is 0.490. The number of aromatic nitrogens is 1. The molecule has 0 aliphatic rings. The lowest BCUT2D eigenvalue weighted by Crippen LogP contribution is -1.81. The highest BCUT2D eigenvalue weighted by atomic mass is 16.5. The Balaban J connectivity index is 2.15. The number of nitrogens with zero attached hydrogens (tertiary/aromatic N) is 1. The topological polar surface area (TPSA) is 35.3 Å². The van der Waals surface area contributed by atoms with Crippen LogP contribution in [0.4, 0.5) is 0 Å². The lowest BCUT2D eigenvalue weighted by molar-refractivity contribution is 0.355. The second-order valence-electron chi connectivity index (χ2n) is 2.69. The van der Waals surface area contributed by atoms with Gasteiger partial charge >= 0.3 is 0 Å². The first-order valence-electron chi connectivity index (χ1n) is 4.01. The highest BCUT2D eigenvalue weighted by Gasteiger charge is 2.01. The first-order chi connectivity index (χ1) is 6.34. The summed E-state index contributed by atoms with van der Waals surface area (Å²) < 4.78 is 10.3. The van der Waals surface area contributed by atoms with Crippen LogP contribution >= 0.6 is 0 Å². The van der Waals surface area contributed by atoms with Crippen LogP contribution in [0.5, 0.6) is 11.6 Å². The van der Waals surface area contributed by atoms with E-state index in [9.17, 15) is 0 Å². The van der Waals surface area contributed by atoms with E-state index in [-0.39, 0.29) is 0 Å². The van der Waals surface area contributed by atoms with Gasteiger partial charge in [-0.2, -0.15) is 0 Å². The lowest BCUT2D eigenvalue weighted by Gasteiger charge is -1.98. The van der Waals surface area contributed by atoms with E-state index in [1.807, 2.05) is 37.3 Å². The monoisotopic (exact) mass is 175 g/mol.